The molecule has 1 aromatic rings. The lowest BCUT2D eigenvalue weighted by atomic mass is 10.1. The number of benzene rings is 1. The summed E-state index contributed by atoms with van der Waals surface area (Å²) in [6.07, 6.45) is 0. The summed E-state index contributed by atoms with van der Waals surface area (Å²) in [5.74, 6) is -0.396. The largest absolute Gasteiger partial charge is 0.361 e. The number of para-hydroxylation sites is 1. The minimum atomic E-state index is -0.288. The highest BCUT2D eigenvalue weighted by Crippen LogP contribution is 2.12. The van der Waals surface area contributed by atoms with Gasteiger partial charge in [0.1, 0.15) is 0 Å². The molecule has 0 heterocycles. The van der Waals surface area contributed by atoms with Gasteiger partial charge >= 0.3 is 11.6 Å². The van der Waals surface area contributed by atoms with Gasteiger partial charge < -0.3 is 10.4 Å². The predicted octanol–water partition coefficient (Wildman–Crippen LogP) is 1.98. The van der Waals surface area contributed by atoms with Crippen molar-refractivity contribution in [3.8, 4) is 0 Å². The molecule has 0 unspecified atom stereocenters. The van der Waals surface area contributed by atoms with Gasteiger partial charge in [0, 0.05) is 12.7 Å². The van der Waals surface area contributed by atoms with Crippen LogP contribution in [0.25, 0.3) is 5.53 Å². The van der Waals surface area contributed by atoms with E-state index in [0.29, 0.717) is 0 Å². The summed E-state index contributed by atoms with van der Waals surface area (Å²) < 4.78 is 0. The van der Waals surface area contributed by atoms with Gasteiger partial charge in [-0.05, 0) is 12.1 Å². The van der Waals surface area contributed by atoms with E-state index in [9.17, 15) is 4.79 Å². The molecular formula is C12H15N3O. The molecule has 1 aromatic carbocycles. The maximum atomic E-state index is 12.0. The van der Waals surface area contributed by atoms with Crippen molar-refractivity contribution in [2.45, 2.75) is 13.8 Å². The van der Waals surface area contributed by atoms with Crippen molar-refractivity contribution in [2.75, 3.05) is 11.9 Å². The second-order valence-corrected chi connectivity index (χ2v) is 3.84. The molecular weight excluding hydrogens is 202 g/mol. The lowest BCUT2D eigenvalue weighted by Crippen LogP contribution is -2.36. The zero-order valence-electron chi connectivity index (χ0n) is 9.71. The molecule has 0 bridgehead atoms. The number of nitrogens with zero attached hydrogens (tertiary/aromatic N) is 3. The monoisotopic (exact) mass is 217 g/mol. The van der Waals surface area contributed by atoms with Gasteiger partial charge in [-0.2, -0.15) is 4.79 Å². The van der Waals surface area contributed by atoms with Gasteiger partial charge in [-0.1, -0.05) is 32.0 Å². The van der Waals surface area contributed by atoms with Crippen molar-refractivity contribution in [3.63, 3.8) is 0 Å². The number of hydrogen-bond donors (Lipinski definition) is 0. The molecule has 0 spiro atoms. The summed E-state index contributed by atoms with van der Waals surface area (Å²) in [5.41, 5.74) is 9.73. The quantitative estimate of drug-likeness (QED) is 0.434. The molecule has 0 radical (unpaired) electrons. The smallest absolute Gasteiger partial charge is 0.358 e. The first-order valence-corrected chi connectivity index (χ1v) is 5.13. The average molecular weight is 217 g/mol. The number of hydrogen-bond acceptors (Lipinski definition) is 1. The fourth-order valence-corrected chi connectivity index (χ4v) is 1.35. The summed E-state index contributed by atoms with van der Waals surface area (Å²) in [7, 11) is 1.66. The number of carbonyl (C=O) groups excluding carboxylic acids is 1. The second-order valence-electron chi connectivity index (χ2n) is 3.84. The molecule has 0 aliphatic rings. The maximum Gasteiger partial charge on any atom is 0.358 e. The van der Waals surface area contributed by atoms with E-state index in [-0.39, 0.29) is 17.5 Å². The van der Waals surface area contributed by atoms with Crippen molar-refractivity contribution in [2.24, 2.45) is 5.92 Å². The van der Waals surface area contributed by atoms with Crippen molar-refractivity contribution in [3.05, 3.63) is 35.9 Å². The molecule has 0 fully saturated rings. The SMILES string of the molecule is CC(C)C(=[N+]=[N-])C(=O)N(C)c1ccccc1. The van der Waals surface area contributed by atoms with Crippen LogP contribution < -0.4 is 4.90 Å². The minimum absolute atomic E-state index is 0.108. The first-order chi connectivity index (χ1) is 7.57. The summed E-state index contributed by atoms with van der Waals surface area (Å²) in [6, 6.07) is 9.24. The second kappa shape index (κ2) is 5.24. The van der Waals surface area contributed by atoms with E-state index in [2.05, 4.69) is 4.79 Å². The van der Waals surface area contributed by atoms with Crippen LogP contribution >= 0.6 is 0 Å². The fraction of sp³-hybridized carbons (Fsp3) is 0.333. The molecule has 4 nitrogen and oxygen atoms in total. The summed E-state index contributed by atoms with van der Waals surface area (Å²) in [5, 5.41) is 0. The highest BCUT2D eigenvalue weighted by atomic mass is 16.2. The van der Waals surface area contributed by atoms with E-state index in [4.69, 9.17) is 5.53 Å². The first kappa shape index (κ1) is 12.1. The molecule has 1 rings (SSSR count). The Balaban J connectivity index is 2.95. The molecule has 84 valence electrons. The van der Waals surface area contributed by atoms with Crippen molar-refractivity contribution in [1.82, 2.24) is 0 Å². The zero-order chi connectivity index (χ0) is 12.1. The number of carbonyl (C=O) groups is 1. The van der Waals surface area contributed by atoms with Gasteiger partial charge in [0.2, 0.25) is 0 Å². The van der Waals surface area contributed by atoms with Crippen LogP contribution in [-0.2, 0) is 4.79 Å². The maximum absolute atomic E-state index is 12.0. The van der Waals surface area contributed by atoms with Crippen molar-refractivity contribution >= 4 is 17.3 Å². The number of anilines is 1. The van der Waals surface area contributed by atoms with E-state index in [1.807, 2.05) is 44.2 Å². The molecule has 0 aromatic heterocycles. The molecule has 0 saturated heterocycles. The third kappa shape index (κ3) is 2.55. The van der Waals surface area contributed by atoms with Crippen LogP contribution in [0.1, 0.15) is 13.8 Å². The van der Waals surface area contributed by atoms with Gasteiger partial charge in [0.15, 0.2) is 0 Å². The normalized spacial score (nSPS) is 9.75. The Kier molecular flexibility index (Phi) is 3.97. The van der Waals surface area contributed by atoms with Gasteiger partial charge in [-0.3, -0.25) is 4.79 Å². The highest BCUT2D eigenvalue weighted by Gasteiger charge is 2.28. The predicted molar refractivity (Wildman–Crippen MR) is 63.3 cm³/mol. The molecule has 0 N–H and O–H groups in total. The minimum Gasteiger partial charge on any atom is -0.361 e. The lowest BCUT2D eigenvalue weighted by molar-refractivity contribution is -0.117. The van der Waals surface area contributed by atoms with Gasteiger partial charge in [-0.25, -0.2) is 0 Å². The molecule has 0 aliphatic carbocycles. The van der Waals surface area contributed by atoms with Crippen LogP contribution in [-0.4, -0.2) is 23.5 Å². The Hall–Kier alpha value is -1.93. The van der Waals surface area contributed by atoms with Gasteiger partial charge in [0.25, 0.3) is 0 Å². The summed E-state index contributed by atoms with van der Waals surface area (Å²) >= 11 is 0. The van der Waals surface area contributed by atoms with Gasteiger partial charge in [0.05, 0.1) is 5.92 Å². The van der Waals surface area contributed by atoms with Crippen LogP contribution in [0.3, 0.4) is 0 Å². The Bertz CT molecular complexity index is 419. The lowest BCUT2D eigenvalue weighted by Gasteiger charge is -2.15. The van der Waals surface area contributed by atoms with Crippen LogP contribution in [0.2, 0.25) is 0 Å². The van der Waals surface area contributed by atoms with Crippen molar-refractivity contribution in [1.29, 1.82) is 0 Å². The average Bonchev–Trinajstić information content (AvgIpc) is 2.29. The Morgan fingerprint density at radius 3 is 2.31 bits per heavy atom. The Labute approximate surface area is 95.1 Å². The molecule has 16 heavy (non-hydrogen) atoms. The zero-order valence-corrected chi connectivity index (χ0v) is 9.71. The summed E-state index contributed by atoms with van der Waals surface area (Å²) in [6.45, 7) is 3.62. The van der Waals surface area contributed by atoms with Crippen LogP contribution in [0.15, 0.2) is 30.3 Å². The van der Waals surface area contributed by atoms with Crippen molar-refractivity contribution < 1.29 is 9.58 Å². The van der Waals surface area contributed by atoms with Crippen LogP contribution in [0.4, 0.5) is 5.69 Å². The van der Waals surface area contributed by atoms with Gasteiger partial charge in [-0.15, -0.1) is 0 Å². The van der Waals surface area contributed by atoms with E-state index in [0.717, 1.165) is 5.69 Å². The molecule has 0 aliphatic heterocycles. The number of rotatable bonds is 3. The topological polar surface area (TPSA) is 56.7 Å². The van der Waals surface area contributed by atoms with E-state index < -0.39 is 0 Å². The fourth-order valence-electron chi connectivity index (χ4n) is 1.35. The molecule has 0 saturated carbocycles. The van der Waals surface area contributed by atoms with Crippen LogP contribution in [0.5, 0.6) is 0 Å². The van der Waals surface area contributed by atoms with E-state index in [1.54, 1.807) is 7.05 Å². The first-order valence-electron chi connectivity index (χ1n) is 5.13. The third-order valence-electron chi connectivity index (χ3n) is 2.32. The number of amides is 1. The van der Waals surface area contributed by atoms with E-state index in [1.165, 1.54) is 4.90 Å². The third-order valence-corrected chi connectivity index (χ3v) is 2.32. The summed E-state index contributed by atoms with van der Waals surface area (Å²) in [4.78, 5) is 16.5. The molecule has 0 atom stereocenters. The molecule has 4 heteroatoms. The van der Waals surface area contributed by atoms with E-state index >= 15 is 0 Å². The molecule has 1 amide bonds. The van der Waals surface area contributed by atoms with Crippen LogP contribution in [0, 0.1) is 5.92 Å². The highest BCUT2D eigenvalue weighted by molar-refractivity contribution is 6.41. The standard InChI is InChI=1S/C12H15N3O/c1-9(2)11(14-13)12(16)15(3)10-7-5-4-6-8-10/h4-9H,1-3H3. The Morgan fingerprint density at radius 2 is 1.88 bits per heavy atom. The Morgan fingerprint density at radius 1 is 1.31 bits per heavy atom.